The molecule has 8 nitrogen and oxygen atoms in total. The number of esters is 1. The normalized spacial score (nSPS) is 11.4. The molecule has 26 heavy (non-hydrogen) atoms. The van der Waals surface area contributed by atoms with Crippen molar-refractivity contribution in [2.24, 2.45) is 5.92 Å². The highest BCUT2D eigenvalue weighted by Crippen LogP contribution is 2.06. The number of benzene rings is 1. The first-order valence-corrected chi connectivity index (χ1v) is 8.58. The highest BCUT2D eigenvalue weighted by atomic mass is 35.5. The number of hydrogen-bond donors (Lipinski definition) is 2. The van der Waals surface area contributed by atoms with E-state index in [0.717, 1.165) is 5.56 Å². The van der Waals surface area contributed by atoms with Crippen molar-refractivity contribution in [1.29, 1.82) is 0 Å². The van der Waals surface area contributed by atoms with Gasteiger partial charge in [0.1, 0.15) is 19.3 Å². The van der Waals surface area contributed by atoms with Gasteiger partial charge in [0.05, 0.1) is 6.54 Å². The van der Waals surface area contributed by atoms with E-state index in [1.54, 1.807) is 13.8 Å². The van der Waals surface area contributed by atoms with E-state index in [1.807, 2.05) is 30.3 Å². The third-order valence-corrected chi connectivity index (χ3v) is 3.32. The van der Waals surface area contributed by atoms with E-state index in [0.29, 0.717) is 0 Å². The number of carbonyl (C=O) groups is 3. The van der Waals surface area contributed by atoms with Gasteiger partial charge in [0, 0.05) is 0 Å². The van der Waals surface area contributed by atoms with Crippen molar-refractivity contribution >= 4 is 29.8 Å². The predicted molar refractivity (Wildman–Crippen MR) is 94.6 cm³/mol. The first-order chi connectivity index (χ1) is 12.4. The van der Waals surface area contributed by atoms with E-state index in [9.17, 15) is 14.4 Å². The van der Waals surface area contributed by atoms with Crippen LogP contribution in [0.15, 0.2) is 30.3 Å². The minimum Gasteiger partial charge on any atom is -0.462 e. The van der Waals surface area contributed by atoms with Crippen LogP contribution in [0.1, 0.15) is 19.4 Å². The summed E-state index contributed by atoms with van der Waals surface area (Å²) < 4.78 is 14.6. The summed E-state index contributed by atoms with van der Waals surface area (Å²) in [5.74, 6) is -0.829. The molecule has 0 heterocycles. The molecule has 1 rings (SSSR count). The quantitative estimate of drug-likeness (QED) is 0.292. The lowest BCUT2D eigenvalue weighted by Gasteiger charge is -2.20. The Labute approximate surface area is 157 Å². The number of alkyl halides is 1. The number of rotatable bonds is 9. The fourth-order valence-electron chi connectivity index (χ4n) is 1.88. The van der Waals surface area contributed by atoms with E-state index in [-0.39, 0.29) is 31.7 Å². The average molecular weight is 387 g/mol. The molecule has 0 saturated heterocycles. The van der Waals surface area contributed by atoms with Crippen LogP contribution in [0, 0.1) is 5.92 Å². The molecule has 9 heteroatoms. The van der Waals surface area contributed by atoms with E-state index < -0.39 is 24.2 Å². The van der Waals surface area contributed by atoms with Gasteiger partial charge in [-0.25, -0.2) is 14.4 Å². The Morgan fingerprint density at radius 1 is 1.04 bits per heavy atom. The van der Waals surface area contributed by atoms with Crippen LogP contribution in [0.4, 0.5) is 9.59 Å². The first kappa shape index (κ1) is 21.6. The van der Waals surface area contributed by atoms with Gasteiger partial charge >= 0.3 is 18.2 Å². The van der Waals surface area contributed by atoms with E-state index >= 15 is 0 Å². The summed E-state index contributed by atoms with van der Waals surface area (Å²) in [4.78, 5) is 35.0. The Morgan fingerprint density at radius 2 is 1.73 bits per heavy atom. The lowest BCUT2D eigenvalue weighted by molar-refractivity contribution is -0.147. The molecule has 144 valence electrons. The van der Waals surface area contributed by atoms with Gasteiger partial charge < -0.3 is 24.8 Å². The second kappa shape index (κ2) is 12.0. The maximum atomic E-state index is 12.1. The number of ether oxygens (including phenoxy) is 3. The number of alkyl carbamates (subject to hydrolysis) is 2. The molecular formula is C17H23ClN2O6. The zero-order valence-electron chi connectivity index (χ0n) is 14.7. The van der Waals surface area contributed by atoms with Gasteiger partial charge in [-0.15, -0.1) is 0 Å². The van der Waals surface area contributed by atoms with Crippen LogP contribution in [-0.2, 0) is 25.6 Å². The number of hydrogen-bond acceptors (Lipinski definition) is 6. The van der Waals surface area contributed by atoms with Gasteiger partial charge in [-0.3, -0.25) is 0 Å². The Bertz CT molecular complexity index is 582. The summed E-state index contributed by atoms with van der Waals surface area (Å²) in [6.07, 6.45) is -1.42. The van der Waals surface area contributed by atoms with Crippen molar-refractivity contribution in [2.75, 3.05) is 19.2 Å². The third-order valence-electron chi connectivity index (χ3n) is 3.21. The number of amides is 2. The molecule has 0 bridgehead atoms. The summed E-state index contributed by atoms with van der Waals surface area (Å²) in [6, 6.07) is 8.04. The van der Waals surface area contributed by atoms with Gasteiger partial charge in [0.2, 0.25) is 0 Å². The van der Waals surface area contributed by atoms with Crippen LogP contribution in [0.2, 0.25) is 0 Å². The Morgan fingerprint density at radius 3 is 2.35 bits per heavy atom. The maximum absolute atomic E-state index is 12.1. The maximum Gasteiger partial charge on any atom is 0.408 e. The average Bonchev–Trinajstić information content (AvgIpc) is 2.62. The smallest absolute Gasteiger partial charge is 0.408 e. The molecule has 0 radical (unpaired) electrons. The van der Waals surface area contributed by atoms with Crippen LogP contribution in [0.25, 0.3) is 0 Å². The van der Waals surface area contributed by atoms with Crippen LogP contribution in [0.3, 0.4) is 0 Å². The molecule has 0 aromatic heterocycles. The molecule has 0 unspecified atom stereocenters. The van der Waals surface area contributed by atoms with Crippen molar-refractivity contribution in [2.45, 2.75) is 26.5 Å². The number of halogens is 1. The summed E-state index contributed by atoms with van der Waals surface area (Å²) >= 11 is 5.23. The SMILES string of the molecule is CC(C)[C@H](NC(=O)OCc1ccccc1)C(=O)OCCNC(=O)OCCl. The third kappa shape index (κ3) is 8.57. The Balaban J connectivity index is 2.37. The summed E-state index contributed by atoms with van der Waals surface area (Å²) in [6.45, 7) is 3.61. The first-order valence-electron chi connectivity index (χ1n) is 8.04. The lowest BCUT2D eigenvalue weighted by atomic mass is 10.1. The molecule has 1 atom stereocenters. The fourth-order valence-corrected chi connectivity index (χ4v) is 1.98. The molecule has 1 aromatic rings. The van der Waals surface area contributed by atoms with Crippen molar-refractivity contribution < 1.29 is 28.6 Å². The van der Waals surface area contributed by atoms with Crippen LogP contribution in [-0.4, -0.2) is 43.4 Å². The molecule has 0 fully saturated rings. The second-order valence-electron chi connectivity index (χ2n) is 5.56. The molecule has 2 N–H and O–H groups in total. The highest BCUT2D eigenvalue weighted by molar-refractivity contribution is 6.17. The predicted octanol–water partition coefficient (Wildman–Crippen LogP) is 2.40. The van der Waals surface area contributed by atoms with Gasteiger partial charge in [0.15, 0.2) is 6.07 Å². The van der Waals surface area contributed by atoms with Crippen LogP contribution in [0.5, 0.6) is 0 Å². The minimum atomic E-state index is -0.868. The zero-order valence-corrected chi connectivity index (χ0v) is 15.5. The number of carbonyl (C=O) groups excluding carboxylic acids is 3. The second-order valence-corrected chi connectivity index (χ2v) is 5.78. The van der Waals surface area contributed by atoms with Gasteiger partial charge in [-0.05, 0) is 11.5 Å². The minimum absolute atomic E-state index is 0.0602. The van der Waals surface area contributed by atoms with E-state index in [4.69, 9.17) is 21.1 Å². The lowest BCUT2D eigenvalue weighted by Crippen LogP contribution is -2.46. The van der Waals surface area contributed by atoms with E-state index in [1.165, 1.54) is 0 Å². The van der Waals surface area contributed by atoms with Crippen molar-refractivity contribution in [3.63, 3.8) is 0 Å². The largest absolute Gasteiger partial charge is 0.462 e. The molecule has 0 spiro atoms. The van der Waals surface area contributed by atoms with Crippen molar-refractivity contribution in [3.05, 3.63) is 35.9 Å². The summed E-state index contributed by atoms with van der Waals surface area (Å²) in [5, 5.41) is 4.84. The monoisotopic (exact) mass is 386 g/mol. The van der Waals surface area contributed by atoms with Crippen LogP contribution < -0.4 is 10.6 Å². The molecule has 1 aromatic carbocycles. The molecular weight excluding hydrogens is 364 g/mol. The molecule has 0 aliphatic heterocycles. The fraction of sp³-hybridized carbons (Fsp3) is 0.471. The molecule has 0 saturated carbocycles. The van der Waals surface area contributed by atoms with E-state index in [2.05, 4.69) is 15.4 Å². The van der Waals surface area contributed by atoms with Crippen molar-refractivity contribution in [1.82, 2.24) is 10.6 Å². The van der Waals surface area contributed by atoms with Crippen molar-refractivity contribution in [3.8, 4) is 0 Å². The molecule has 2 amide bonds. The van der Waals surface area contributed by atoms with Gasteiger partial charge in [0.25, 0.3) is 0 Å². The number of nitrogens with one attached hydrogen (secondary N) is 2. The molecule has 0 aliphatic rings. The standard InChI is InChI=1S/C17H23ClN2O6/c1-12(2)14(15(21)24-9-8-19-16(22)26-11-18)20-17(23)25-10-13-6-4-3-5-7-13/h3-7,12,14H,8-11H2,1-2H3,(H,19,22)(H,20,23)/t14-/m0/s1. The topological polar surface area (TPSA) is 103 Å². The molecule has 0 aliphatic carbocycles. The Kier molecular flexibility index (Phi) is 9.93. The van der Waals surface area contributed by atoms with Gasteiger partial charge in [-0.1, -0.05) is 55.8 Å². The Hall–Kier alpha value is -2.48. The summed E-state index contributed by atoms with van der Waals surface area (Å²) in [5.41, 5.74) is 0.834. The highest BCUT2D eigenvalue weighted by Gasteiger charge is 2.26. The van der Waals surface area contributed by atoms with Gasteiger partial charge in [-0.2, -0.15) is 0 Å². The zero-order chi connectivity index (χ0) is 19.4. The summed E-state index contributed by atoms with van der Waals surface area (Å²) in [7, 11) is 0. The van der Waals surface area contributed by atoms with Crippen LogP contribution >= 0.6 is 11.6 Å².